The average molecular weight is 248 g/mol. The highest BCUT2D eigenvalue weighted by Gasteiger charge is 2.15. The van der Waals surface area contributed by atoms with Crippen LogP contribution in [0.1, 0.15) is 42.5 Å². The van der Waals surface area contributed by atoms with E-state index < -0.39 is 5.82 Å². The van der Waals surface area contributed by atoms with Crippen molar-refractivity contribution in [1.82, 2.24) is 0 Å². The Labute approximate surface area is 106 Å². The van der Waals surface area contributed by atoms with Crippen molar-refractivity contribution in [2.45, 2.75) is 32.1 Å². The van der Waals surface area contributed by atoms with E-state index in [9.17, 15) is 9.18 Å². The number of halogens is 1. The molecule has 3 heteroatoms. The minimum Gasteiger partial charge on any atom is -0.494 e. The summed E-state index contributed by atoms with van der Waals surface area (Å²) in [5.74, 6) is -0.377. The summed E-state index contributed by atoms with van der Waals surface area (Å²) < 4.78 is 18.4. The second-order valence-electron chi connectivity index (χ2n) is 4.51. The van der Waals surface area contributed by atoms with Crippen molar-refractivity contribution in [1.29, 1.82) is 0 Å². The first-order valence-corrected chi connectivity index (χ1v) is 6.29. The van der Waals surface area contributed by atoms with Gasteiger partial charge in [-0.25, -0.2) is 4.39 Å². The molecule has 1 aromatic rings. The zero-order chi connectivity index (χ0) is 13.0. The minimum absolute atomic E-state index is 0.0570. The molecule has 1 aliphatic rings. The molecular formula is C15H17FO2. The molecule has 0 spiro atoms. The lowest BCUT2D eigenvalue weighted by Gasteiger charge is -2.07. The molecule has 1 aliphatic carbocycles. The topological polar surface area (TPSA) is 26.3 Å². The van der Waals surface area contributed by atoms with Crippen LogP contribution in [-0.2, 0) is 0 Å². The van der Waals surface area contributed by atoms with E-state index in [-0.39, 0.29) is 11.5 Å². The molecule has 0 aromatic heterocycles. The summed E-state index contributed by atoms with van der Waals surface area (Å²) in [7, 11) is 1.41. The van der Waals surface area contributed by atoms with E-state index in [1.807, 2.05) is 6.08 Å². The third-order valence-corrected chi connectivity index (χ3v) is 3.25. The van der Waals surface area contributed by atoms with Crippen molar-refractivity contribution in [3.8, 4) is 5.75 Å². The van der Waals surface area contributed by atoms with Gasteiger partial charge in [0.25, 0.3) is 0 Å². The fourth-order valence-electron chi connectivity index (χ4n) is 2.21. The van der Waals surface area contributed by atoms with Gasteiger partial charge in [0.15, 0.2) is 17.3 Å². The van der Waals surface area contributed by atoms with Crippen LogP contribution in [0.25, 0.3) is 0 Å². The molecule has 0 N–H and O–H groups in total. The van der Waals surface area contributed by atoms with Gasteiger partial charge in [-0.3, -0.25) is 4.79 Å². The number of carbonyl (C=O) groups excluding carboxylic acids is 1. The summed E-state index contributed by atoms with van der Waals surface area (Å²) in [5.41, 5.74) is 1.22. The van der Waals surface area contributed by atoms with Crippen molar-refractivity contribution in [2.24, 2.45) is 0 Å². The van der Waals surface area contributed by atoms with E-state index in [0.717, 1.165) is 37.7 Å². The molecule has 2 nitrogen and oxygen atoms in total. The van der Waals surface area contributed by atoms with E-state index in [1.54, 1.807) is 6.07 Å². The van der Waals surface area contributed by atoms with E-state index in [4.69, 9.17) is 4.74 Å². The highest BCUT2D eigenvalue weighted by molar-refractivity contribution is 6.08. The van der Waals surface area contributed by atoms with Crippen LogP contribution >= 0.6 is 0 Å². The van der Waals surface area contributed by atoms with Crippen LogP contribution in [0.2, 0.25) is 0 Å². The van der Waals surface area contributed by atoms with Crippen molar-refractivity contribution in [3.63, 3.8) is 0 Å². The lowest BCUT2D eigenvalue weighted by Crippen LogP contribution is -2.04. The summed E-state index contributed by atoms with van der Waals surface area (Å²) in [5, 5.41) is 0. The van der Waals surface area contributed by atoms with Crippen LogP contribution in [-0.4, -0.2) is 12.9 Å². The Morgan fingerprint density at radius 2 is 2.11 bits per heavy atom. The van der Waals surface area contributed by atoms with Crippen molar-refractivity contribution >= 4 is 5.78 Å². The van der Waals surface area contributed by atoms with Crippen LogP contribution < -0.4 is 4.74 Å². The minimum atomic E-state index is -0.488. The molecule has 0 heterocycles. The first kappa shape index (κ1) is 12.8. The second kappa shape index (κ2) is 5.80. The number of rotatable bonds is 3. The summed E-state index contributed by atoms with van der Waals surface area (Å²) >= 11 is 0. The molecule has 0 atom stereocenters. The Morgan fingerprint density at radius 1 is 1.28 bits per heavy atom. The molecule has 1 aromatic carbocycles. The highest BCUT2D eigenvalue weighted by atomic mass is 19.1. The lowest BCUT2D eigenvalue weighted by atomic mass is 9.99. The fourth-order valence-corrected chi connectivity index (χ4v) is 2.21. The van der Waals surface area contributed by atoms with Gasteiger partial charge in [-0.1, -0.05) is 12.5 Å². The standard InChI is InChI=1S/C15H17FO2/c1-18-14-9-8-12(10-13(14)16)15(17)11-6-4-2-3-5-7-11/h6,8-10H,2-5,7H2,1H3. The smallest absolute Gasteiger partial charge is 0.188 e. The molecule has 18 heavy (non-hydrogen) atoms. The van der Waals surface area contributed by atoms with E-state index in [2.05, 4.69) is 0 Å². The molecule has 0 radical (unpaired) electrons. The third-order valence-electron chi connectivity index (χ3n) is 3.25. The van der Waals surface area contributed by atoms with Crippen LogP contribution in [0.15, 0.2) is 29.8 Å². The molecule has 0 amide bonds. The van der Waals surface area contributed by atoms with Gasteiger partial charge in [0.1, 0.15) is 0 Å². The normalized spacial score (nSPS) is 15.8. The monoisotopic (exact) mass is 248 g/mol. The first-order chi connectivity index (χ1) is 8.72. The zero-order valence-corrected chi connectivity index (χ0v) is 10.5. The maximum atomic E-state index is 13.6. The Morgan fingerprint density at radius 3 is 2.83 bits per heavy atom. The second-order valence-corrected chi connectivity index (χ2v) is 4.51. The number of Topliss-reactive ketones (excluding diaryl/α,β-unsaturated/α-hetero) is 1. The number of ether oxygens (including phenoxy) is 1. The average Bonchev–Trinajstić information content (AvgIpc) is 2.66. The van der Waals surface area contributed by atoms with E-state index in [1.165, 1.54) is 19.2 Å². The van der Waals surface area contributed by atoms with Crippen molar-refractivity contribution in [2.75, 3.05) is 7.11 Å². The number of hydrogen-bond acceptors (Lipinski definition) is 2. The Bertz CT molecular complexity index is 477. The van der Waals surface area contributed by atoms with Gasteiger partial charge in [0.05, 0.1) is 7.11 Å². The molecule has 96 valence electrons. The highest BCUT2D eigenvalue weighted by Crippen LogP contribution is 2.23. The number of benzene rings is 1. The van der Waals surface area contributed by atoms with Crippen LogP contribution in [0.4, 0.5) is 4.39 Å². The number of carbonyl (C=O) groups is 1. The first-order valence-electron chi connectivity index (χ1n) is 6.29. The summed E-state index contributed by atoms with van der Waals surface area (Å²) in [4.78, 5) is 12.2. The van der Waals surface area contributed by atoms with Crippen LogP contribution in [0.3, 0.4) is 0 Å². The Kier molecular flexibility index (Phi) is 4.13. The summed E-state index contributed by atoms with van der Waals surface area (Å²) in [6, 6.07) is 4.38. The van der Waals surface area contributed by atoms with Crippen LogP contribution in [0.5, 0.6) is 5.75 Å². The molecule has 0 saturated heterocycles. The molecule has 0 bridgehead atoms. The van der Waals surface area contributed by atoms with Gasteiger partial charge in [0, 0.05) is 5.56 Å². The van der Waals surface area contributed by atoms with Crippen molar-refractivity contribution in [3.05, 3.63) is 41.2 Å². The van der Waals surface area contributed by atoms with E-state index in [0.29, 0.717) is 5.56 Å². The SMILES string of the molecule is COc1ccc(C(=O)C2=CCCCCC2)cc1F. The lowest BCUT2D eigenvalue weighted by molar-refractivity contribution is 0.103. The third kappa shape index (κ3) is 2.78. The van der Waals surface area contributed by atoms with Gasteiger partial charge in [0.2, 0.25) is 0 Å². The maximum Gasteiger partial charge on any atom is 0.188 e. The molecule has 0 fully saturated rings. The number of allylic oxidation sites excluding steroid dienone is 2. The number of ketones is 1. The predicted molar refractivity (Wildman–Crippen MR) is 68.5 cm³/mol. The van der Waals surface area contributed by atoms with Gasteiger partial charge in [-0.2, -0.15) is 0 Å². The van der Waals surface area contributed by atoms with Gasteiger partial charge in [-0.05, 0) is 49.5 Å². The van der Waals surface area contributed by atoms with Gasteiger partial charge < -0.3 is 4.74 Å². The summed E-state index contributed by atoms with van der Waals surface area (Å²) in [6.07, 6.45) is 7.07. The van der Waals surface area contributed by atoms with Gasteiger partial charge in [-0.15, -0.1) is 0 Å². The number of methoxy groups -OCH3 is 1. The van der Waals surface area contributed by atoms with Crippen molar-refractivity contribution < 1.29 is 13.9 Å². The molecule has 2 rings (SSSR count). The molecule has 0 saturated carbocycles. The number of hydrogen-bond donors (Lipinski definition) is 0. The quantitative estimate of drug-likeness (QED) is 0.758. The predicted octanol–water partition coefficient (Wildman–Crippen LogP) is 3.91. The van der Waals surface area contributed by atoms with Gasteiger partial charge >= 0.3 is 0 Å². The maximum absolute atomic E-state index is 13.6. The zero-order valence-electron chi connectivity index (χ0n) is 10.5. The van der Waals surface area contributed by atoms with E-state index >= 15 is 0 Å². The Hall–Kier alpha value is -1.64. The fraction of sp³-hybridized carbons (Fsp3) is 0.400. The summed E-state index contributed by atoms with van der Waals surface area (Å²) in [6.45, 7) is 0. The van der Waals surface area contributed by atoms with Crippen LogP contribution in [0, 0.1) is 5.82 Å². The Balaban J connectivity index is 2.22. The molecular weight excluding hydrogens is 231 g/mol. The largest absolute Gasteiger partial charge is 0.494 e. The molecule has 0 aliphatic heterocycles. The molecule has 0 unspecified atom stereocenters.